The fourth-order valence-electron chi connectivity index (χ4n) is 2.45. The Morgan fingerprint density at radius 3 is 2.59 bits per heavy atom. The first-order valence-corrected chi connectivity index (χ1v) is 10.0. The van der Waals surface area contributed by atoms with Gasteiger partial charge in [0.25, 0.3) is 5.91 Å². The Kier molecular flexibility index (Phi) is 6.66. The summed E-state index contributed by atoms with van der Waals surface area (Å²) in [6.45, 7) is 5.53. The molecular formula is C21H22N2O5S. The van der Waals surface area contributed by atoms with E-state index in [1.807, 2.05) is 32.9 Å². The summed E-state index contributed by atoms with van der Waals surface area (Å²) >= 11 is 1.41. The number of carbonyl (C=O) groups excluding carboxylic acids is 2. The summed E-state index contributed by atoms with van der Waals surface area (Å²) in [5.41, 5.74) is 1.06. The smallest absolute Gasteiger partial charge is 0.325 e. The van der Waals surface area contributed by atoms with Crippen LogP contribution < -0.4 is 10.1 Å². The maximum atomic E-state index is 12.1. The molecule has 0 fully saturated rings. The molecule has 152 valence electrons. The van der Waals surface area contributed by atoms with Crippen molar-refractivity contribution in [2.45, 2.75) is 33.5 Å². The van der Waals surface area contributed by atoms with Gasteiger partial charge >= 0.3 is 5.97 Å². The van der Waals surface area contributed by atoms with Gasteiger partial charge in [-0.2, -0.15) is 0 Å². The van der Waals surface area contributed by atoms with Gasteiger partial charge in [0.1, 0.15) is 24.7 Å². The maximum absolute atomic E-state index is 12.1. The fraction of sp³-hybridized carbons (Fsp3) is 0.286. The molecule has 0 aliphatic rings. The van der Waals surface area contributed by atoms with Crippen molar-refractivity contribution < 1.29 is 23.5 Å². The van der Waals surface area contributed by atoms with E-state index in [1.54, 1.807) is 29.6 Å². The van der Waals surface area contributed by atoms with Crippen molar-refractivity contribution in [1.82, 2.24) is 10.3 Å². The number of aryl methyl sites for hydroxylation is 1. The van der Waals surface area contributed by atoms with Gasteiger partial charge in [-0.25, -0.2) is 4.98 Å². The summed E-state index contributed by atoms with van der Waals surface area (Å²) < 4.78 is 16.2. The molecule has 2 heterocycles. The summed E-state index contributed by atoms with van der Waals surface area (Å²) in [7, 11) is 0. The number of thiazole rings is 1. The molecule has 0 bridgehead atoms. The number of nitrogens with zero attached hydrogens (tertiary/aromatic N) is 1. The van der Waals surface area contributed by atoms with Gasteiger partial charge in [-0.15, -0.1) is 11.3 Å². The monoisotopic (exact) mass is 414 g/mol. The van der Waals surface area contributed by atoms with E-state index >= 15 is 0 Å². The van der Waals surface area contributed by atoms with E-state index in [4.69, 9.17) is 13.9 Å². The molecular weight excluding hydrogens is 392 g/mol. The van der Waals surface area contributed by atoms with E-state index < -0.39 is 5.97 Å². The molecule has 0 aliphatic heterocycles. The summed E-state index contributed by atoms with van der Waals surface area (Å²) in [4.78, 5) is 28.4. The molecule has 3 aromatic rings. The first-order valence-electron chi connectivity index (χ1n) is 9.12. The third kappa shape index (κ3) is 5.92. The van der Waals surface area contributed by atoms with Crippen LogP contribution in [0.25, 0.3) is 10.8 Å². The number of hydrogen-bond acceptors (Lipinski definition) is 7. The lowest BCUT2D eigenvalue weighted by Crippen LogP contribution is -2.30. The number of benzene rings is 1. The molecule has 8 heteroatoms. The van der Waals surface area contributed by atoms with Gasteiger partial charge in [0.2, 0.25) is 0 Å². The topological polar surface area (TPSA) is 90.7 Å². The van der Waals surface area contributed by atoms with Crippen LogP contribution in [0, 0.1) is 6.92 Å². The minimum atomic E-state index is -0.540. The molecule has 0 atom stereocenters. The largest absolute Gasteiger partial charge is 0.491 e. The summed E-state index contributed by atoms with van der Waals surface area (Å²) in [6.07, 6.45) is 0.0569. The fourth-order valence-corrected chi connectivity index (χ4v) is 3.22. The van der Waals surface area contributed by atoms with Crippen molar-refractivity contribution in [3.63, 3.8) is 0 Å². The maximum Gasteiger partial charge on any atom is 0.325 e. The SMILES string of the molecule is Cc1ccc(-c2nc(COC(=O)CNC(=O)c3ccc(OC(C)C)cc3)cs2)o1. The molecule has 0 saturated heterocycles. The Balaban J connectivity index is 1.44. The first kappa shape index (κ1) is 20.6. The first-order chi connectivity index (χ1) is 13.9. The van der Waals surface area contributed by atoms with Crippen LogP contribution in [0.15, 0.2) is 46.2 Å². The average molecular weight is 414 g/mol. The second-order valence-electron chi connectivity index (χ2n) is 6.59. The van der Waals surface area contributed by atoms with E-state index in [9.17, 15) is 9.59 Å². The van der Waals surface area contributed by atoms with E-state index in [0.717, 1.165) is 10.8 Å². The second kappa shape index (κ2) is 9.38. The van der Waals surface area contributed by atoms with Crippen LogP contribution in [0.4, 0.5) is 0 Å². The van der Waals surface area contributed by atoms with E-state index in [-0.39, 0.29) is 25.2 Å². The number of esters is 1. The lowest BCUT2D eigenvalue weighted by molar-refractivity contribution is -0.143. The number of hydrogen-bond donors (Lipinski definition) is 1. The second-order valence-corrected chi connectivity index (χ2v) is 7.45. The van der Waals surface area contributed by atoms with Crippen molar-refractivity contribution >= 4 is 23.2 Å². The Morgan fingerprint density at radius 2 is 1.93 bits per heavy atom. The van der Waals surface area contributed by atoms with Gasteiger partial charge in [-0.1, -0.05) is 0 Å². The Bertz CT molecular complexity index is 975. The molecule has 0 unspecified atom stereocenters. The molecule has 2 aromatic heterocycles. The van der Waals surface area contributed by atoms with Crippen LogP contribution in [0.3, 0.4) is 0 Å². The van der Waals surface area contributed by atoms with Gasteiger partial charge in [0.05, 0.1) is 11.8 Å². The highest BCUT2D eigenvalue weighted by Gasteiger charge is 2.12. The number of amides is 1. The zero-order chi connectivity index (χ0) is 20.8. The van der Waals surface area contributed by atoms with Gasteiger partial charge in [0.15, 0.2) is 10.8 Å². The van der Waals surface area contributed by atoms with Gasteiger partial charge in [-0.05, 0) is 57.2 Å². The predicted octanol–water partition coefficient (Wildman–Crippen LogP) is 3.97. The molecule has 1 amide bonds. The zero-order valence-electron chi connectivity index (χ0n) is 16.4. The highest BCUT2D eigenvalue weighted by atomic mass is 32.1. The van der Waals surface area contributed by atoms with Crippen LogP contribution >= 0.6 is 11.3 Å². The minimum absolute atomic E-state index is 0.0339. The highest BCUT2D eigenvalue weighted by Crippen LogP contribution is 2.25. The third-order valence-electron chi connectivity index (χ3n) is 3.77. The van der Waals surface area contributed by atoms with Gasteiger partial charge in [0, 0.05) is 10.9 Å². The standard InChI is InChI=1S/C21H22N2O5S/c1-13(2)27-17-7-5-15(6-8-17)20(25)22-10-19(24)26-11-16-12-29-21(23-16)18-9-4-14(3)28-18/h4-9,12-13H,10-11H2,1-3H3,(H,22,25). The van der Waals surface area contributed by atoms with Crippen molar-refractivity contribution in [2.24, 2.45) is 0 Å². The van der Waals surface area contributed by atoms with Crippen molar-refractivity contribution in [1.29, 1.82) is 0 Å². The average Bonchev–Trinajstić information content (AvgIpc) is 3.33. The Morgan fingerprint density at radius 1 is 1.17 bits per heavy atom. The highest BCUT2D eigenvalue weighted by molar-refractivity contribution is 7.13. The van der Waals surface area contributed by atoms with Crippen LogP contribution in [-0.4, -0.2) is 29.5 Å². The summed E-state index contributed by atoms with van der Waals surface area (Å²) in [6, 6.07) is 10.4. The van der Waals surface area contributed by atoms with Crippen molar-refractivity contribution in [3.05, 3.63) is 58.8 Å². The van der Waals surface area contributed by atoms with Crippen LogP contribution in [0.5, 0.6) is 5.75 Å². The lowest BCUT2D eigenvalue weighted by atomic mass is 10.2. The molecule has 0 saturated carbocycles. The number of carbonyl (C=O) groups is 2. The normalized spacial score (nSPS) is 10.8. The molecule has 1 aromatic carbocycles. The lowest BCUT2D eigenvalue weighted by Gasteiger charge is -2.10. The molecule has 3 rings (SSSR count). The number of furan rings is 1. The van der Waals surface area contributed by atoms with Crippen molar-refractivity contribution in [3.8, 4) is 16.5 Å². The minimum Gasteiger partial charge on any atom is -0.491 e. The van der Waals surface area contributed by atoms with E-state index in [2.05, 4.69) is 10.3 Å². The molecule has 7 nitrogen and oxygen atoms in total. The number of aromatic nitrogens is 1. The Hall–Kier alpha value is -3.13. The molecule has 1 N–H and O–H groups in total. The van der Waals surface area contributed by atoms with Crippen LogP contribution in [0.2, 0.25) is 0 Å². The molecule has 29 heavy (non-hydrogen) atoms. The zero-order valence-corrected chi connectivity index (χ0v) is 17.2. The third-order valence-corrected chi connectivity index (χ3v) is 4.67. The van der Waals surface area contributed by atoms with Crippen molar-refractivity contribution in [2.75, 3.05) is 6.54 Å². The predicted molar refractivity (Wildman–Crippen MR) is 109 cm³/mol. The van der Waals surface area contributed by atoms with Crippen LogP contribution in [0.1, 0.15) is 35.7 Å². The molecule has 0 aliphatic carbocycles. The van der Waals surface area contributed by atoms with Gasteiger partial charge < -0.3 is 19.2 Å². The summed E-state index contributed by atoms with van der Waals surface area (Å²) in [5, 5.41) is 5.07. The van der Waals surface area contributed by atoms with E-state index in [0.29, 0.717) is 22.8 Å². The van der Waals surface area contributed by atoms with Gasteiger partial charge in [-0.3, -0.25) is 9.59 Å². The number of nitrogens with one attached hydrogen (secondary N) is 1. The number of rotatable bonds is 8. The molecule has 0 spiro atoms. The van der Waals surface area contributed by atoms with Crippen LogP contribution in [-0.2, 0) is 16.1 Å². The Labute approximate surface area is 172 Å². The quantitative estimate of drug-likeness (QED) is 0.561. The van der Waals surface area contributed by atoms with E-state index in [1.165, 1.54) is 11.3 Å². The molecule has 0 radical (unpaired) electrons. The number of ether oxygens (including phenoxy) is 2. The summed E-state index contributed by atoms with van der Waals surface area (Å²) in [5.74, 6) is 1.27.